The molecule has 0 spiro atoms. The SMILES string of the molecule is C/C(=C/C(=O)NCC(=O)N[C@@H]1CCS(=O)(=O)C1)c1ccc(F)cc1. The lowest BCUT2D eigenvalue weighted by Crippen LogP contribution is -2.42. The highest BCUT2D eigenvalue weighted by Crippen LogP contribution is 2.13. The summed E-state index contributed by atoms with van der Waals surface area (Å²) in [5.74, 6) is -1.23. The molecule has 130 valence electrons. The van der Waals surface area contributed by atoms with Crippen LogP contribution < -0.4 is 10.6 Å². The Morgan fingerprint density at radius 3 is 2.54 bits per heavy atom. The van der Waals surface area contributed by atoms with Crippen molar-refractivity contribution in [2.45, 2.75) is 19.4 Å². The van der Waals surface area contributed by atoms with Crippen LogP contribution in [-0.4, -0.2) is 44.3 Å². The molecular weight excluding hydrogens is 335 g/mol. The molecule has 6 nitrogen and oxygen atoms in total. The molecule has 24 heavy (non-hydrogen) atoms. The first-order valence-corrected chi connectivity index (χ1v) is 9.29. The van der Waals surface area contributed by atoms with E-state index in [0.717, 1.165) is 0 Å². The Morgan fingerprint density at radius 2 is 1.96 bits per heavy atom. The van der Waals surface area contributed by atoms with Crippen LogP contribution in [0.4, 0.5) is 4.39 Å². The molecular formula is C16H19FN2O4S. The van der Waals surface area contributed by atoms with Gasteiger partial charge in [0.2, 0.25) is 11.8 Å². The van der Waals surface area contributed by atoms with Gasteiger partial charge in [-0.15, -0.1) is 0 Å². The van der Waals surface area contributed by atoms with Crippen molar-refractivity contribution in [1.29, 1.82) is 0 Å². The van der Waals surface area contributed by atoms with Crippen LogP contribution in [0.15, 0.2) is 30.3 Å². The van der Waals surface area contributed by atoms with E-state index in [2.05, 4.69) is 10.6 Å². The normalized spacial score (nSPS) is 19.8. The fourth-order valence-electron chi connectivity index (χ4n) is 2.40. The van der Waals surface area contributed by atoms with E-state index in [1.54, 1.807) is 19.1 Å². The van der Waals surface area contributed by atoms with Crippen molar-refractivity contribution in [1.82, 2.24) is 10.6 Å². The second-order valence-corrected chi connectivity index (χ2v) is 7.95. The Morgan fingerprint density at radius 1 is 1.29 bits per heavy atom. The van der Waals surface area contributed by atoms with E-state index in [9.17, 15) is 22.4 Å². The zero-order chi connectivity index (χ0) is 17.7. The van der Waals surface area contributed by atoms with Crippen LogP contribution in [0.5, 0.6) is 0 Å². The largest absolute Gasteiger partial charge is 0.351 e. The second-order valence-electron chi connectivity index (χ2n) is 5.72. The molecule has 0 unspecified atom stereocenters. The first-order chi connectivity index (χ1) is 11.2. The number of hydrogen-bond acceptors (Lipinski definition) is 4. The van der Waals surface area contributed by atoms with E-state index in [1.807, 2.05) is 0 Å². The van der Waals surface area contributed by atoms with Gasteiger partial charge in [0.1, 0.15) is 5.82 Å². The Kier molecular flexibility index (Phi) is 5.71. The van der Waals surface area contributed by atoms with Crippen LogP contribution in [0.3, 0.4) is 0 Å². The summed E-state index contributed by atoms with van der Waals surface area (Å²) in [6.07, 6.45) is 1.71. The number of carbonyl (C=O) groups is 2. The molecule has 0 aromatic heterocycles. The standard InChI is InChI=1S/C16H19FN2O4S/c1-11(12-2-4-13(17)5-3-12)8-15(20)18-9-16(21)19-14-6-7-24(22,23)10-14/h2-5,8,14H,6-7,9-10H2,1H3,(H,18,20)(H,19,21)/b11-8-/t14-/m1/s1. The molecule has 1 saturated heterocycles. The molecule has 0 bridgehead atoms. The second kappa shape index (κ2) is 7.57. The van der Waals surface area contributed by atoms with Crippen LogP contribution in [0.1, 0.15) is 18.9 Å². The lowest BCUT2D eigenvalue weighted by Gasteiger charge is -2.11. The van der Waals surface area contributed by atoms with E-state index in [4.69, 9.17) is 0 Å². The van der Waals surface area contributed by atoms with Crippen molar-refractivity contribution in [3.63, 3.8) is 0 Å². The zero-order valence-corrected chi connectivity index (χ0v) is 14.0. The highest BCUT2D eigenvalue weighted by Gasteiger charge is 2.28. The minimum atomic E-state index is -3.06. The first-order valence-electron chi connectivity index (χ1n) is 7.47. The molecule has 1 heterocycles. The molecule has 1 aromatic rings. The molecule has 1 atom stereocenters. The summed E-state index contributed by atoms with van der Waals surface area (Å²) in [7, 11) is -3.06. The molecule has 2 amide bonds. The minimum Gasteiger partial charge on any atom is -0.351 e. The van der Waals surface area contributed by atoms with Gasteiger partial charge >= 0.3 is 0 Å². The predicted octanol–water partition coefficient (Wildman–Crippen LogP) is 0.649. The molecule has 0 saturated carbocycles. The number of hydrogen-bond donors (Lipinski definition) is 2. The Balaban J connectivity index is 1.81. The van der Waals surface area contributed by atoms with E-state index >= 15 is 0 Å². The topological polar surface area (TPSA) is 92.3 Å². The van der Waals surface area contributed by atoms with Gasteiger partial charge in [0.05, 0.1) is 18.1 Å². The van der Waals surface area contributed by atoms with Crippen molar-refractivity contribution < 1.29 is 22.4 Å². The van der Waals surface area contributed by atoms with Crippen molar-refractivity contribution >= 4 is 27.2 Å². The summed E-state index contributed by atoms with van der Waals surface area (Å²) in [5.41, 5.74) is 1.34. The molecule has 2 rings (SSSR count). The lowest BCUT2D eigenvalue weighted by molar-refractivity contribution is -0.124. The van der Waals surface area contributed by atoms with E-state index in [1.165, 1.54) is 18.2 Å². The quantitative estimate of drug-likeness (QED) is 0.760. The molecule has 0 aliphatic carbocycles. The summed E-state index contributed by atoms with van der Waals surface area (Å²) >= 11 is 0. The van der Waals surface area contributed by atoms with E-state index in [0.29, 0.717) is 17.6 Å². The van der Waals surface area contributed by atoms with E-state index in [-0.39, 0.29) is 23.9 Å². The van der Waals surface area contributed by atoms with Crippen molar-refractivity contribution in [2.24, 2.45) is 0 Å². The number of benzene rings is 1. The van der Waals surface area contributed by atoms with E-state index < -0.39 is 27.7 Å². The Hall–Kier alpha value is -2.22. The summed E-state index contributed by atoms with van der Waals surface area (Å²) in [5, 5.41) is 5.02. The molecule has 8 heteroatoms. The van der Waals surface area contributed by atoms with Crippen LogP contribution in [0, 0.1) is 5.82 Å². The van der Waals surface area contributed by atoms with Crippen molar-refractivity contribution in [3.05, 3.63) is 41.7 Å². The van der Waals surface area contributed by atoms with Gasteiger partial charge in [-0.3, -0.25) is 9.59 Å². The monoisotopic (exact) mass is 354 g/mol. The number of carbonyl (C=O) groups excluding carboxylic acids is 2. The van der Waals surface area contributed by atoms with Crippen LogP contribution in [-0.2, 0) is 19.4 Å². The summed E-state index contributed by atoms with van der Waals surface area (Å²) in [6, 6.07) is 5.32. The van der Waals surface area contributed by atoms with Crippen LogP contribution in [0.2, 0.25) is 0 Å². The molecule has 1 aliphatic heterocycles. The number of halogens is 1. The molecule has 0 radical (unpaired) electrons. The molecule has 2 N–H and O–H groups in total. The molecule has 1 aromatic carbocycles. The third-order valence-corrected chi connectivity index (χ3v) is 5.44. The smallest absolute Gasteiger partial charge is 0.244 e. The Bertz CT molecular complexity index is 757. The fourth-order valence-corrected chi connectivity index (χ4v) is 4.07. The lowest BCUT2D eigenvalue weighted by atomic mass is 10.1. The number of rotatable bonds is 5. The average Bonchev–Trinajstić information content (AvgIpc) is 2.84. The maximum absolute atomic E-state index is 12.9. The van der Waals surface area contributed by atoms with Gasteiger partial charge in [-0.25, -0.2) is 12.8 Å². The minimum absolute atomic E-state index is 0.0593. The highest BCUT2D eigenvalue weighted by molar-refractivity contribution is 7.91. The third kappa shape index (κ3) is 5.45. The van der Waals surface area contributed by atoms with Gasteiger partial charge in [0, 0.05) is 12.1 Å². The maximum atomic E-state index is 12.9. The van der Waals surface area contributed by atoms with Gasteiger partial charge in [-0.05, 0) is 36.6 Å². The zero-order valence-electron chi connectivity index (χ0n) is 13.2. The predicted molar refractivity (Wildman–Crippen MR) is 88.3 cm³/mol. The van der Waals surface area contributed by atoms with Crippen molar-refractivity contribution in [3.8, 4) is 0 Å². The van der Waals surface area contributed by atoms with Crippen LogP contribution in [0.25, 0.3) is 5.57 Å². The molecule has 1 aliphatic rings. The van der Waals surface area contributed by atoms with Gasteiger partial charge in [-0.1, -0.05) is 12.1 Å². The van der Waals surface area contributed by atoms with Gasteiger partial charge in [-0.2, -0.15) is 0 Å². The Labute approximate surface area is 140 Å². The maximum Gasteiger partial charge on any atom is 0.244 e. The number of amides is 2. The number of nitrogens with one attached hydrogen (secondary N) is 2. The summed E-state index contributed by atoms with van der Waals surface area (Å²) < 4.78 is 35.5. The highest BCUT2D eigenvalue weighted by atomic mass is 32.2. The summed E-state index contributed by atoms with van der Waals surface area (Å²) in [4.78, 5) is 23.5. The van der Waals surface area contributed by atoms with Crippen molar-refractivity contribution in [2.75, 3.05) is 18.1 Å². The van der Waals surface area contributed by atoms with Gasteiger partial charge < -0.3 is 10.6 Å². The summed E-state index contributed by atoms with van der Waals surface area (Å²) in [6.45, 7) is 1.47. The number of allylic oxidation sites excluding steroid dienone is 1. The first kappa shape index (κ1) is 18.1. The third-order valence-electron chi connectivity index (χ3n) is 3.67. The van der Waals surface area contributed by atoms with Gasteiger partial charge in [0.25, 0.3) is 0 Å². The number of sulfone groups is 1. The average molecular weight is 354 g/mol. The van der Waals surface area contributed by atoms with Crippen LogP contribution >= 0.6 is 0 Å². The molecule has 1 fully saturated rings. The fraction of sp³-hybridized carbons (Fsp3) is 0.375. The van der Waals surface area contributed by atoms with Gasteiger partial charge in [0.15, 0.2) is 9.84 Å².